The van der Waals surface area contributed by atoms with Crippen molar-refractivity contribution in [1.82, 2.24) is 0 Å². The van der Waals surface area contributed by atoms with Crippen molar-refractivity contribution in [3.8, 4) is 11.5 Å². The molecule has 5 nitrogen and oxygen atoms in total. The standard InChI is InChI=1S/C12H16O5S/c1-8(18(4,14)15)12(13)10-6-5-9(16-2)7-11(10)17-3/h5-8H,1-4H3. The number of carbonyl (C=O) groups is 1. The quantitative estimate of drug-likeness (QED) is 0.756. The van der Waals surface area contributed by atoms with E-state index in [0.717, 1.165) is 6.26 Å². The molecule has 0 aliphatic carbocycles. The SMILES string of the molecule is COc1ccc(C(=O)C(C)S(C)(=O)=O)c(OC)c1. The lowest BCUT2D eigenvalue weighted by atomic mass is 10.1. The topological polar surface area (TPSA) is 69.7 Å². The van der Waals surface area contributed by atoms with Gasteiger partial charge in [-0.25, -0.2) is 8.42 Å². The molecule has 0 N–H and O–H groups in total. The van der Waals surface area contributed by atoms with Crippen LogP contribution in [0.1, 0.15) is 17.3 Å². The number of rotatable bonds is 5. The maximum atomic E-state index is 12.1. The molecule has 1 aromatic rings. The molecule has 1 aromatic carbocycles. The van der Waals surface area contributed by atoms with E-state index in [4.69, 9.17) is 9.47 Å². The highest BCUT2D eigenvalue weighted by Crippen LogP contribution is 2.26. The molecule has 1 unspecified atom stereocenters. The fourth-order valence-electron chi connectivity index (χ4n) is 1.42. The Hall–Kier alpha value is -1.56. The van der Waals surface area contributed by atoms with Crippen LogP contribution in [0.4, 0.5) is 0 Å². The average Bonchev–Trinajstić information content (AvgIpc) is 2.35. The molecule has 0 fully saturated rings. The molecule has 0 bridgehead atoms. The van der Waals surface area contributed by atoms with Crippen molar-refractivity contribution in [2.75, 3.05) is 20.5 Å². The van der Waals surface area contributed by atoms with Gasteiger partial charge in [-0.05, 0) is 19.1 Å². The molecule has 0 amide bonds. The van der Waals surface area contributed by atoms with Crippen LogP contribution >= 0.6 is 0 Å². The van der Waals surface area contributed by atoms with E-state index in [0.29, 0.717) is 11.5 Å². The maximum Gasteiger partial charge on any atom is 0.184 e. The lowest BCUT2D eigenvalue weighted by molar-refractivity contribution is 0.0988. The van der Waals surface area contributed by atoms with E-state index in [1.165, 1.54) is 27.2 Å². The Kier molecular flexibility index (Phi) is 4.34. The third-order valence-corrected chi connectivity index (χ3v) is 4.18. The van der Waals surface area contributed by atoms with Gasteiger partial charge in [0.2, 0.25) is 0 Å². The fourth-order valence-corrected chi connectivity index (χ4v) is 1.93. The Labute approximate surface area is 107 Å². The van der Waals surface area contributed by atoms with Gasteiger partial charge in [-0.2, -0.15) is 0 Å². The summed E-state index contributed by atoms with van der Waals surface area (Å²) in [6.45, 7) is 1.36. The van der Waals surface area contributed by atoms with Gasteiger partial charge in [0.15, 0.2) is 15.6 Å². The van der Waals surface area contributed by atoms with Crippen LogP contribution < -0.4 is 9.47 Å². The normalized spacial score (nSPS) is 12.9. The van der Waals surface area contributed by atoms with E-state index in [9.17, 15) is 13.2 Å². The largest absolute Gasteiger partial charge is 0.497 e. The van der Waals surface area contributed by atoms with Crippen molar-refractivity contribution in [3.05, 3.63) is 23.8 Å². The number of sulfone groups is 1. The predicted octanol–water partition coefficient (Wildman–Crippen LogP) is 1.32. The molecule has 0 saturated heterocycles. The van der Waals surface area contributed by atoms with Gasteiger partial charge in [0, 0.05) is 12.3 Å². The van der Waals surface area contributed by atoms with Gasteiger partial charge >= 0.3 is 0 Å². The van der Waals surface area contributed by atoms with Crippen molar-refractivity contribution < 1.29 is 22.7 Å². The zero-order valence-electron chi connectivity index (χ0n) is 10.8. The third-order valence-electron chi connectivity index (χ3n) is 2.69. The summed E-state index contributed by atoms with van der Waals surface area (Å²) >= 11 is 0. The second-order valence-corrected chi connectivity index (χ2v) is 6.27. The molecule has 1 rings (SSSR count). The van der Waals surface area contributed by atoms with Crippen LogP contribution in [0, 0.1) is 0 Å². The molecule has 18 heavy (non-hydrogen) atoms. The van der Waals surface area contributed by atoms with Crippen molar-refractivity contribution in [3.63, 3.8) is 0 Å². The Morgan fingerprint density at radius 2 is 1.83 bits per heavy atom. The van der Waals surface area contributed by atoms with E-state index < -0.39 is 20.9 Å². The summed E-state index contributed by atoms with van der Waals surface area (Å²) in [6, 6.07) is 4.63. The van der Waals surface area contributed by atoms with Crippen LogP contribution in [0.2, 0.25) is 0 Å². The monoisotopic (exact) mass is 272 g/mol. The molecule has 100 valence electrons. The highest BCUT2D eigenvalue weighted by molar-refractivity contribution is 7.92. The third kappa shape index (κ3) is 3.01. The molecular formula is C12H16O5S. The Morgan fingerprint density at radius 3 is 2.28 bits per heavy atom. The van der Waals surface area contributed by atoms with Crippen molar-refractivity contribution in [2.24, 2.45) is 0 Å². The summed E-state index contributed by atoms with van der Waals surface area (Å²) in [7, 11) is -0.518. The van der Waals surface area contributed by atoms with Gasteiger partial charge < -0.3 is 9.47 Å². The highest BCUT2D eigenvalue weighted by atomic mass is 32.2. The summed E-state index contributed by atoms with van der Waals surface area (Å²) in [5, 5.41) is -1.10. The first-order valence-electron chi connectivity index (χ1n) is 5.26. The van der Waals surface area contributed by atoms with Crippen molar-refractivity contribution in [2.45, 2.75) is 12.2 Å². The predicted molar refractivity (Wildman–Crippen MR) is 68.2 cm³/mol. The molecule has 1 atom stereocenters. The van der Waals surface area contributed by atoms with E-state index >= 15 is 0 Å². The van der Waals surface area contributed by atoms with Gasteiger partial charge in [0.05, 0.1) is 19.8 Å². The first-order chi connectivity index (χ1) is 8.31. The van der Waals surface area contributed by atoms with E-state index in [1.807, 2.05) is 0 Å². The number of ether oxygens (including phenoxy) is 2. The van der Waals surface area contributed by atoms with Gasteiger partial charge in [0.25, 0.3) is 0 Å². The molecule has 0 spiro atoms. The summed E-state index contributed by atoms with van der Waals surface area (Å²) in [5.74, 6) is 0.349. The van der Waals surface area contributed by atoms with E-state index in [2.05, 4.69) is 0 Å². The minimum absolute atomic E-state index is 0.233. The summed E-state index contributed by atoms with van der Waals surface area (Å²) in [5.41, 5.74) is 0.233. The lowest BCUT2D eigenvalue weighted by Gasteiger charge is -2.12. The van der Waals surface area contributed by atoms with Gasteiger partial charge in [-0.3, -0.25) is 4.79 Å². The molecule has 0 radical (unpaired) electrons. The second-order valence-electron chi connectivity index (χ2n) is 3.90. The smallest absolute Gasteiger partial charge is 0.184 e. The Bertz CT molecular complexity index is 548. The average molecular weight is 272 g/mol. The molecular weight excluding hydrogens is 256 g/mol. The highest BCUT2D eigenvalue weighted by Gasteiger charge is 2.27. The molecule has 0 saturated carbocycles. The minimum atomic E-state index is -3.43. The van der Waals surface area contributed by atoms with Crippen LogP contribution in [0.3, 0.4) is 0 Å². The second kappa shape index (κ2) is 5.39. The van der Waals surface area contributed by atoms with Gasteiger partial charge in [-0.15, -0.1) is 0 Å². The number of Topliss-reactive ketones (excluding diaryl/α,β-unsaturated/α-hetero) is 1. The number of carbonyl (C=O) groups excluding carboxylic acids is 1. The summed E-state index contributed by atoms with van der Waals surface area (Å²) < 4.78 is 32.9. The fraction of sp³-hybridized carbons (Fsp3) is 0.417. The number of methoxy groups -OCH3 is 2. The molecule has 0 heterocycles. The van der Waals surface area contributed by atoms with Crippen LogP contribution in [0.25, 0.3) is 0 Å². The summed E-state index contributed by atoms with van der Waals surface area (Å²) in [4.78, 5) is 12.1. The number of benzene rings is 1. The molecule has 0 aromatic heterocycles. The lowest BCUT2D eigenvalue weighted by Crippen LogP contribution is -2.26. The summed E-state index contributed by atoms with van der Waals surface area (Å²) in [6.07, 6.45) is 1.03. The first kappa shape index (κ1) is 14.5. The van der Waals surface area contributed by atoms with Crippen LogP contribution in [-0.4, -0.2) is 39.9 Å². The molecule has 6 heteroatoms. The zero-order chi connectivity index (χ0) is 13.9. The number of hydrogen-bond acceptors (Lipinski definition) is 5. The minimum Gasteiger partial charge on any atom is -0.497 e. The zero-order valence-corrected chi connectivity index (χ0v) is 11.6. The van der Waals surface area contributed by atoms with Gasteiger partial charge in [0.1, 0.15) is 16.7 Å². The van der Waals surface area contributed by atoms with Crippen LogP contribution in [0.5, 0.6) is 11.5 Å². The first-order valence-corrected chi connectivity index (χ1v) is 7.21. The molecule has 0 aliphatic heterocycles. The Balaban J connectivity index is 3.21. The maximum absolute atomic E-state index is 12.1. The number of ketones is 1. The number of hydrogen-bond donors (Lipinski definition) is 0. The van der Waals surface area contributed by atoms with E-state index in [-0.39, 0.29) is 5.56 Å². The molecule has 0 aliphatic rings. The van der Waals surface area contributed by atoms with E-state index in [1.54, 1.807) is 12.1 Å². The van der Waals surface area contributed by atoms with Crippen LogP contribution in [-0.2, 0) is 9.84 Å². The van der Waals surface area contributed by atoms with Crippen molar-refractivity contribution >= 4 is 15.6 Å². The van der Waals surface area contributed by atoms with Gasteiger partial charge in [-0.1, -0.05) is 0 Å². The van der Waals surface area contributed by atoms with Crippen molar-refractivity contribution in [1.29, 1.82) is 0 Å². The Morgan fingerprint density at radius 1 is 1.22 bits per heavy atom. The van der Waals surface area contributed by atoms with Crippen LogP contribution in [0.15, 0.2) is 18.2 Å².